The summed E-state index contributed by atoms with van der Waals surface area (Å²) in [6.07, 6.45) is 2.70. The van der Waals surface area contributed by atoms with Crippen LogP contribution in [-0.4, -0.2) is 25.8 Å². The standard InChI is InChI=1S/C14H31NO/c1-12(2)7-9-15-11-13(3)16-10-8-14(4,5)6/h12-13,15H,7-11H2,1-6H3. The van der Waals surface area contributed by atoms with E-state index in [1.165, 1.54) is 6.42 Å². The molecule has 1 N–H and O–H groups in total. The van der Waals surface area contributed by atoms with Crippen LogP contribution in [0.3, 0.4) is 0 Å². The van der Waals surface area contributed by atoms with Crippen LogP contribution in [0.4, 0.5) is 0 Å². The van der Waals surface area contributed by atoms with Crippen LogP contribution in [0.1, 0.15) is 54.4 Å². The highest BCUT2D eigenvalue weighted by Crippen LogP contribution is 2.18. The van der Waals surface area contributed by atoms with Crippen molar-refractivity contribution in [2.75, 3.05) is 19.7 Å². The lowest BCUT2D eigenvalue weighted by atomic mass is 9.93. The highest BCUT2D eigenvalue weighted by Gasteiger charge is 2.10. The van der Waals surface area contributed by atoms with E-state index in [0.29, 0.717) is 11.5 Å². The normalized spacial score (nSPS) is 14.4. The Labute approximate surface area is 102 Å². The number of hydrogen-bond donors (Lipinski definition) is 1. The molecule has 1 atom stereocenters. The van der Waals surface area contributed by atoms with Crippen LogP contribution in [0.5, 0.6) is 0 Å². The molecule has 2 heteroatoms. The molecule has 98 valence electrons. The Bertz CT molecular complexity index is 161. The Morgan fingerprint density at radius 3 is 2.25 bits per heavy atom. The molecule has 0 amide bonds. The summed E-state index contributed by atoms with van der Waals surface area (Å²) in [5.74, 6) is 0.782. The monoisotopic (exact) mass is 229 g/mol. The van der Waals surface area contributed by atoms with Gasteiger partial charge < -0.3 is 10.1 Å². The van der Waals surface area contributed by atoms with Crippen LogP contribution in [0, 0.1) is 11.3 Å². The number of ether oxygens (including phenoxy) is 1. The van der Waals surface area contributed by atoms with Crippen molar-refractivity contribution in [2.24, 2.45) is 11.3 Å². The SMILES string of the molecule is CC(C)CCNCC(C)OCCC(C)(C)C. The smallest absolute Gasteiger partial charge is 0.0671 e. The summed E-state index contributed by atoms with van der Waals surface area (Å²) in [6, 6.07) is 0. The van der Waals surface area contributed by atoms with Crippen LogP contribution < -0.4 is 5.32 Å². The molecule has 0 aliphatic rings. The van der Waals surface area contributed by atoms with Crippen molar-refractivity contribution in [3.8, 4) is 0 Å². The van der Waals surface area contributed by atoms with Crippen LogP contribution in [-0.2, 0) is 4.74 Å². The van der Waals surface area contributed by atoms with Gasteiger partial charge in [-0.05, 0) is 37.6 Å². The summed E-state index contributed by atoms with van der Waals surface area (Å²) in [6.45, 7) is 16.4. The van der Waals surface area contributed by atoms with Gasteiger partial charge in [0.05, 0.1) is 6.10 Å². The van der Waals surface area contributed by atoms with Gasteiger partial charge in [-0.2, -0.15) is 0 Å². The fourth-order valence-corrected chi connectivity index (χ4v) is 1.32. The zero-order valence-electron chi connectivity index (χ0n) is 12.1. The molecule has 0 radical (unpaired) electrons. The second-order valence-electron chi connectivity index (χ2n) is 6.38. The molecular formula is C14H31NO. The minimum Gasteiger partial charge on any atom is -0.377 e. The minimum atomic E-state index is 0.328. The molecule has 0 aromatic heterocycles. The summed E-state index contributed by atoms with van der Waals surface area (Å²) in [5, 5.41) is 3.44. The van der Waals surface area contributed by atoms with E-state index in [-0.39, 0.29) is 0 Å². The van der Waals surface area contributed by atoms with E-state index in [2.05, 4.69) is 46.9 Å². The molecule has 1 unspecified atom stereocenters. The molecule has 0 aliphatic carbocycles. The second kappa shape index (κ2) is 8.08. The summed E-state index contributed by atoms with van der Waals surface area (Å²) in [4.78, 5) is 0. The third-order valence-electron chi connectivity index (χ3n) is 2.58. The predicted octanol–water partition coefficient (Wildman–Crippen LogP) is 3.46. The van der Waals surface area contributed by atoms with Crippen molar-refractivity contribution in [1.82, 2.24) is 5.32 Å². The van der Waals surface area contributed by atoms with Gasteiger partial charge >= 0.3 is 0 Å². The minimum absolute atomic E-state index is 0.328. The Kier molecular flexibility index (Phi) is 8.04. The summed E-state index contributed by atoms with van der Waals surface area (Å²) >= 11 is 0. The average Bonchev–Trinajstić information content (AvgIpc) is 2.10. The maximum Gasteiger partial charge on any atom is 0.0671 e. The molecule has 2 nitrogen and oxygen atoms in total. The van der Waals surface area contributed by atoms with Crippen molar-refractivity contribution in [3.05, 3.63) is 0 Å². The fourth-order valence-electron chi connectivity index (χ4n) is 1.32. The number of hydrogen-bond acceptors (Lipinski definition) is 2. The van der Waals surface area contributed by atoms with Gasteiger partial charge in [-0.25, -0.2) is 0 Å². The number of nitrogens with one attached hydrogen (secondary N) is 1. The van der Waals surface area contributed by atoms with Gasteiger partial charge in [-0.15, -0.1) is 0 Å². The molecule has 0 bridgehead atoms. The molecule has 0 aromatic rings. The zero-order chi connectivity index (χ0) is 12.6. The van der Waals surface area contributed by atoms with Crippen molar-refractivity contribution in [1.29, 1.82) is 0 Å². The van der Waals surface area contributed by atoms with Gasteiger partial charge in [0.2, 0.25) is 0 Å². The average molecular weight is 229 g/mol. The van der Waals surface area contributed by atoms with Crippen LogP contribution in [0.15, 0.2) is 0 Å². The molecule has 0 saturated heterocycles. The Balaban J connectivity index is 3.35. The van der Waals surface area contributed by atoms with Crippen molar-refractivity contribution >= 4 is 0 Å². The maximum atomic E-state index is 5.76. The summed E-state index contributed by atoms with van der Waals surface area (Å²) in [5.41, 5.74) is 0.380. The maximum absolute atomic E-state index is 5.76. The molecule has 0 rings (SSSR count). The molecular weight excluding hydrogens is 198 g/mol. The first-order valence-electron chi connectivity index (χ1n) is 6.63. The van der Waals surface area contributed by atoms with Crippen molar-refractivity contribution in [2.45, 2.75) is 60.5 Å². The van der Waals surface area contributed by atoms with Gasteiger partial charge in [-0.1, -0.05) is 34.6 Å². The predicted molar refractivity (Wildman–Crippen MR) is 71.8 cm³/mol. The van der Waals surface area contributed by atoms with E-state index >= 15 is 0 Å². The van der Waals surface area contributed by atoms with Gasteiger partial charge in [0.25, 0.3) is 0 Å². The molecule has 0 spiro atoms. The quantitative estimate of drug-likeness (QED) is 0.644. The largest absolute Gasteiger partial charge is 0.377 e. The van der Waals surface area contributed by atoms with E-state index in [0.717, 1.165) is 32.0 Å². The van der Waals surface area contributed by atoms with Gasteiger partial charge in [0.1, 0.15) is 0 Å². The topological polar surface area (TPSA) is 21.3 Å². The Morgan fingerprint density at radius 2 is 1.75 bits per heavy atom. The highest BCUT2D eigenvalue weighted by molar-refractivity contribution is 4.62. The Morgan fingerprint density at radius 1 is 1.12 bits per heavy atom. The summed E-state index contributed by atoms with van der Waals surface area (Å²) < 4.78 is 5.76. The first-order valence-corrected chi connectivity index (χ1v) is 6.63. The lowest BCUT2D eigenvalue weighted by molar-refractivity contribution is 0.0492. The van der Waals surface area contributed by atoms with Gasteiger partial charge in [-0.3, -0.25) is 0 Å². The van der Waals surface area contributed by atoms with Crippen LogP contribution in [0.2, 0.25) is 0 Å². The van der Waals surface area contributed by atoms with Crippen molar-refractivity contribution < 1.29 is 4.74 Å². The van der Waals surface area contributed by atoms with E-state index < -0.39 is 0 Å². The third kappa shape index (κ3) is 12.0. The molecule has 16 heavy (non-hydrogen) atoms. The zero-order valence-corrected chi connectivity index (χ0v) is 12.1. The lowest BCUT2D eigenvalue weighted by Crippen LogP contribution is -2.29. The molecule has 0 saturated carbocycles. The molecule has 0 aliphatic heterocycles. The second-order valence-corrected chi connectivity index (χ2v) is 6.38. The Hall–Kier alpha value is -0.0800. The first kappa shape index (κ1) is 15.9. The van der Waals surface area contributed by atoms with Crippen molar-refractivity contribution in [3.63, 3.8) is 0 Å². The number of rotatable bonds is 8. The van der Waals surface area contributed by atoms with E-state index in [1.807, 2.05) is 0 Å². The van der Waals surface area contributed by atoms with Crippen LogP contribution >= 0.6 is 0 Å². The lowest BCUT2D eigenvalue weighted by Gasteiger charge is -2.20. The van der Waals surface area contributed by atoms with Gasteiger partial charge in [0, 0.05) is 13.2 Å². The fraction of sp³-hybridized carbons (Fsp3) is 1.00. The van der Waals surface area contributed by atoms with Gasteiger partial charge in [0.15, 0.2) is 0 Å². The highest BCUT2D eigenvalue weighted by atomic mass is 16.5. The van der Waals surface area contributed by atoms with E-state index in [4.69, 9.17) is 4.74 Å². The first-order chi connectivity index (χ1) is 7.31. The molecule has 0 aromatic carbocycles. The van der Waals surface area contributed by atoms with Crippen LogP contribution in [0.25, 0.3) is 0 Å². The van der Waals surface area contributed by atoms with E-state index in [9.17, 15) is 0 Å². The third-order valence-corrected chi connectivity index (χ3v) is 2.58. The molecule has 0 fully saturated rings. The summed E-state index contributed by atoms with van der Waals surface area (Å²) in [7, 11) is 0. The van der Waals surface area contributed by atoms with E-state index in [1.54, 1.807) is 0 Å². The molecule has 0 heterocycles.